The van der Waals surface area contributed by atoms with Gasteiger partial charge in [-0.3, -0.25) is 0 Å². The largest absolute Gasteiger partial charge is 0.463 e. The van der Waals surface area contributed by atoms with E-state index in [0.29, 0.717) is 18.8 Å². The minimum atomic E-state index is -0.273. The van der Waals surface area contributed by atoms with Crippen LogP contribution in [0.25, 0.3) is 6.08 Å². The molecule has 0 fully saturated rings. The van der Waals surface area contributed by atoms with Crippen molar-refractivity contribution in [2.24, 2.45) is 0 Å². The van der Waals surface area contributed by atoms with E-state index in [1.54, 1.807) is 21.0 Å². The van der Waals surface area contributed by atoms with Crippen molar-refractivity contribution in [3.05, 3.63) is 41.0 Å². The molecule has 0 atom stereocenters. The van der Waals surface area contributed by atoms with Gasteiger partial charge in [0.1, 0.15) is 0 Å². The zero-order valence-electron chi connectivity index (χ0n) is 10.5. The summed E-state index contributed by atoms with van der Waals surface area (Å²) in [5.74, 6) is -0.273. The number of benzene rings is 1. The van der Waals surface area contributed by atoms with Crippen molar-refractivity contribution < 1.29 is 14.3 Å². The summed E-state index contributed by atoms with van der Waals surface area (Å²) in [6.07, 6.45) is 1.82. The van der Waals surface area contributed by atoms with E-state index < -0.39 is 0 Å². The van der Waals surface area contributed by atoms with Gasteiger partial charge < -0.3 is 9.47 Å². The van der Waals surface area contributed by atoms with Crippen molar-refractivity contribution in [3.63, 3.8) is 0 Å². The van der Waals surface area contributed by atoms with Crippen LogP contribution in [-0.4, -0.2) is 19.7 Å². The molecule has 0 bridgehead atoms. The highest BCUT2D eigenvalue weighted by Crippen LogP contribution is 2.11. The Bertz CT molecular complexity index is 408. The maximum absolute atomic E-state index is 11.4. The minimum Gasteiger partial charge on any atom is -0.463 e. The predicted octanol–water partition coefficient (Wildman–Crippen LogP) is 2.80. The summed E-state index contributed by atoms with van der Waals surface area (Å²) in [6, 6.07) is 7.87. The summed E-state index contributed by atoms with van der Waals surface area (Å²) in [5, 5.41) is 0. The second-order valence-corrected chi connectivity index (χ2v) is 3.73. The van der Waals surface area contributed by atoms with Crippen molar-refractivity contribution in [1.29, 1.82) is 0 Å². The van der Waals surface area contributed by atoms with Gasteiger partial charge in [0.15, 0.2) is 0 Å². The van der Waals surface area contributed by atoms with Crippen LogP contribution in [-0.2, 0) is 20.9 Å². The van der Waals surface area contributed by atoms with Gasteiger partial charge in [0.2, 0.25) is 0 Å². The molecule has 3 nitrogen and oxygen atoms in total. The van der Waals surface area contributed by atoms with E-state index >= 15 is 0 Å². The minimum absolute atomic E-state index is 0.273. The molecule has 17 heavy (non-hydrogen) atoms. The Labute approximate surface area is 102 Å². The first kappa shape index (κ1) is 13.5. The maximum atomic E-state index is 11.4. The van der Waals surface area contributed by atoms with E-state index in [9.17, 15) is 4.79 Å². The van der Waals surface area contributed by atoms with E-state index in [1.165, 1.54) is 0 Å². The van der Waals surface area contributed by atoms with E-state index in [0.717, 1.165) is 11.1 Å². The first-order valence-electron chi connectivity index (χ1n) is 5.60. The number of carbonyl (C=O) groups is 1. The van der Waals surface area contributed by atoms with E-state index in [1.807, 2.05) is 30.3 Å². The fraction of sp³-hybridized carbons (Fsp3) is 0.357. The molecule has 0 spiro atoms. The molecule has 0 saturated heterocycles. The molecular weight excluding hydrogens is 216 g/mol. The lowest BCUT2D eigenvalue weighted by Crippen LogP contribution is -2.04. The second kappa shape index (κ2) is 6.86. The van der Waals surface area contributed by atoms with Crippen LogP contribution in [0.5, 0.6) is 0 Å². The molecule has 92 valence electrons. The standard InChI is InChI=1S/C14H18O3/c1-4-17-14(15)11(2)8-12-6-5-7-13(9-12)10-16-3/h5-9H,4,10H2,1-3H3/b11-8+. The molecule has 1 aromatic carbocycles. The average Bonchev–Trinajstić information content (AvgIpc) is 2.30. The van der Waals surface area contributed by atoms with Crippen LogP contribution in [0.1, 0.15) is 25.0 Å². The lowest BCUT2D eigenvalue weighted by Gasteiger charge is -2.03. The fourth-order valence-electron chi connectivity index (χ4n) is 1.49. The van der Waals surface area contributed by atoms with Gasteiger partial charge in [0.25, 0.3) is 0 Å². The molecule has 0 N–H and O–H groups in total. The first-order valence-corrected chi connectivity index (χ1v) is 5.60. The number of rotatable bonds is 5. The molecule has 0 aromatic heterocycles. The molecule has 3 heteroatoms. The second-order valence-electron chi connectivity index (χ2n) is 3.73. The average molecular weight is 234 g/mol. The van der Waals surface area contributed by atoms with Crippen LogP contribution >= 0.6 is 0 Å². The summed E-state index contributed by atoms with van der Waals surface area (Å²) in [7, 11) is 1.66. The highest BCUT2D eigenvalue weighted by molar-refractivity contribution is 5.92. The van der Waals surface area contributed by atoms with E-state index in [-0.39, 0.29) is 5.97 Å². The van der Waals surface area contributed by atoms with Crippen LogP contribution in [0.2, 0.25) is 0 Å². The van der Waals surface area contributed by atoms with Gasteiger partial charge in [-0.05, 0) is 37.1 Å². The Morgan fingerprint density at radius 2 is 2.18 bits per heavy atom. The third-order valence-electron chi connectivity index (χ3n) is 2.24. The Morgan fingerprint density at radius 3 is 2.82 bits per heavy atom. The van der Waals surface area contributed by atoms with Crippen LogP contribution in [0.15, 0.2) is 29.8 Å². The molecule has 0 amide bonds. The smallest absolute Gasteiger partial charge is 0.333 e. The van der Waals surface area contributed by atoms with Gasteiger partial charge in [0.05, 0.1) is 13.2 Å². The molecule has 0 aliphatic carbocycles. The lowest BCUT2D eigenvalue weighted by molar-refractivity contribution is -0.138. The van der Waals surface area contributed by atoms with E-state index in [2.05, 4.69) is 0 Å². The fourth-order valence-corrected chi connectivity index (χ4v) is 1.49. The molecule has 0 unspecified atom stereocenters. The Kier molecular flexibility index (Phi) is 5.43. The zero-order chi connectivity index (χ0) is 12.7. The van der Waals surface area contributed by atoms with Crippen molar-refractivity contribution in [1.82, 2.24) is 0 Å². The molecule has 0 aliphatic heterocycles. The van der Waals surface area contributed by atoms with Crippen LogP contribution in [0.3, 0.4) is 0 Å². The quantitative estimate of drug-likeness (QED) is 0.580. The van der Waals surface area contributed by atoms with Crippen LogP contribution < -0.4 is 0 Å². The van der Waals surface area contributed by atoms with Crippen molar-refractivity contribution >= 4 is 12.0 Å². The van der Waals surface area contributed by atoms with E-state index in [4.69, 9.17) is 9.47 Å². The van der Waals surface area contributed by atoms with Crippen LogP contribution in [0.4, 0.5) is 0 Å². The molecule has 0 radical (unpaired) electrons. The molecule has 1 rings (SSSR count). The first-order chi connectivity index (χ1) is 8.17. The highest BCUT2D eigenvalue weighted by Gasteiger charge is 2.04. The summed E-state index contributed by atoms with van der Waals surface area (Å²) >= 11 is 0. The van der Waals surface area contributed by atoms with Gasteiger partial charge in [0, 0.05) is 12.7 Å². The monoisotopic (exact) mass is 234 g/mol. The van der Waals surface area contributed by atoms with Gasteiger partial charge in [-0.1, -0.05) is 18.2 Å². The van der Waals surface area contributed by atoms with Crippen molar-refractivity contribution in [2.75, 3.05) is 13.7 Å². The van der Waals surface area contributed by atoms with Gasteiger partial charge >= 0.3 is 5.97 Å². The molecular formula is C14H18O3. The third-order valence-corrected chi connectivity index (χ3v) is 2.24. The predicted molar refractivity (Wildman–Crippen MR) is 67.4 cm³/mol. The lowest BCUT2D eigenvalue weighted by atomic mass is 10.1. The number of carbonyl (C=O) groups excluding carboxylic acids is 1. The molecule has 0 heterocycles. The Balaban J connectivity index is 2.82. The normalized spacial score (nSPS) is 11.4. The SMILES string of the molecule is CCOC(=O)/C(C)=C/c1cccc(COC)c1. The van der Waals surface area contributed by atoms with Crippen molar-refractivity contribution in [2.45, 2.75) is 20.5 Å². The number of ether oxygens (including phenoxy) is 2. The van der Waals surface area contributed by atoms with Gasteiger partial charge in [-0.2, -0.15) is 0 Å². The third kappa shape index (κ3) is 4.41. The zero-order valence-corrected chi connectivity index (χ0v) is 10.5. The Hall–Kier alpha value is -1.61. The molecule has 0 saturated carbocycles. The summed E-state index contributed by atoms with van der Waals surface area (Å²) < 4.78 is 9.98. The van der Waals surface area contributed by atoms with Gasteiger partial charge in [-0.25, -0.2) is 4.79 Å². The number of methoxy groups -OCH3 is 1. The number of esters is 1. The van der Waals surface area contributed by atoms with Crippen LogP contribution in [0, 0.1) is 0 Å². The van der Waals surface area contributed by atoms with Gasteiger partial charge in [-0.15, -0.1) is 0 Å². The molecule has 0 aliphatic rings. The van der Waals surface area contributed by atoms with Crippen molar-refractivity contribution in [3.8, 4) is 0 Å². The summed E-state index contributed by atoms with van der Waals surface area (Å²) in [6.45, 7) is 4.51. The summed E-state index contributed by atoms with van der Waals surface area (Å²) in [4.78, 5) is 11.4. The number of hydrogen-bond donors (Lipinski definition) is 0. The topological polar surface area (TPSA) is 35.5 Å². The summed E-state index contributed by atoms with van der Waals surface area (Å²) in [5.41, 5.74) is 2.66. The molecule has 1 aromatic rings. The Morgan fingerprint density at radius 1 is 1.41 bits per heavy atom. The highest BCUT2D eigenvalue weighted by atomic mass is 16.5. The number of hydrogen-bond acceptors (Lipinski definition) is 3. The maximum Gasteiger partial charge on any atom is 0.333 e.